The summed E-state index contributed by atoms with van der Waals surface area (Å²) in [6.45, 7) is 0.388. The Morgan fingerprint density at radius 2 is 1.80 bits per heavy atom. The lowest BCUT2D eigenvalue weighted by Crippen LogP contribution is -2.09. The first kappa shape index (κ1) is 12.7. The summed E-state index contributed by atoms with van der Waals surface area (Å²) >= 11 is 0. The molecule has 0 saturated carbocycles. The van der Waals surface area contributed by atoms with Gasteiger partial charge < -0.3 is 0 Å². The zero-order valence-electron chi connectivity index (χ0n) is 10.3. The lowest BCUT2D eigenvalue weighted by atomic mass is 10.2. The van der Waals surface area contributed by atoms with Crippen molar-refractivity contribution in [3.63, 3.8) is 0 Å². The zero-order chi connectivity index (χ0) is 14.2. The number of para-hydroxylation sites is 1. The molecule has 0 spiro atoms. The predicted octanol–water partition coefficient (Wildman–Crippen LogP) is 3.50. The normalized spacial score (nSPS) is 11.9. The molecule has 0 unspecified atom stereocenters. The highest BCUT2D eigenvalue weighted by molar-refractivity contribution is 5.78. The molecule has 0 aliphatic rings. The van der Waals surface area contributed by atoms with Gasteiger partial charge in [-0.25, -0.2) is 0 Å². The third-order valence-electron chi connectivity index (χ3n) is 3.00. The number of benzene rings is 1. The van der Waals surface area contributed by atoms with Crippen LogP contribution in [0.3, 0.4) is 0 Å². The Kier molecular flexibility index (Phi) is 2.93. The number of rotatable bonds is 2. The van der Waals surface area contributed by atoms with Crippen molar-refractivity contribution in [3.8, 4) is 0 Å². The van der Waals surface area contributed by atoms with E-state index in [1.165, 1.54) is 12.3 Å². The van der Waals surface area contributed by atoms with Gasteiger partial charge in [0, 0.05) is 11.6 Å². The average molecular weight is 277 g/mol. The smallest absolute Gasteiger partial charge is 0.260 e. The third kappa shape index (κ3) is 2.36. The van der Waals surface area contributed by atoms with Crippen LogP contribution >= 0.6 is 0 Å². The molecular formula is C14H10F3N3. The van der Waals surface area contributed by atoms with E-state index in [2.05, 4.69) is 10.1 Å². The minimum atomic E-state index is -4.41. The van der Waals surface area contributed by atoms with Gasteiger partial charge in [0.2, 0.25) is 0 Å². The lowest BCUT2D eigenvalue weighted by molar-refractivity contribution is -0.141. The van der Waals surface area contributed by atoms with Crippen molar-refractivity contribution in [2.24, 2.45) is 0 Å². The number of alkyl halides is 3. The van der Waals surface area contributed by atoms with Crippen LogP contribution in [0.5, 0.6) is 0 Å². The summed E-state index contributed by atoms with van der Waals surface area (Å²) in [4.78, 5) is 3.44. The van der Waals surface area contributed by atoms with Gasteiger partial charge in [0.1, 0.15) is 5.69 Å². The number of hydrogen-bond donors (Lipinski definition) is 0. The van der Waals surface area contributed by atoms with Gasteiger partial charge in [0.15, 0.2) is 0 Å². The summed E-state index contributed by atoms with van der Waals surface area (Å²) < 4.78 is 39.0. The van der Waals surface area contributed by atoms with Crippen molar-refractivity contribution in [2.45, 2.75) is 12.7 Å². The highest BCUT2D eigenvalue weighted by atomic mass is 19.4. The molecule has 0 amide bonds. The van der Waals surface area contributed by atoms with Crippen molar-refractivity contribution in [3.05, 3.63) is 60.0 Å². The molecule has 0 aliphatic carbocycles. The second kappa shape index (κ2) is 4.63. The average Bonchev–Trinajstić information content (AvgIpc) is 2.82. The third-order valence-corrected chi connectivity index (χ3v) is 3.00. The maximum atomic E-state index is 12.4. The van der Waals surface area contributed by atoms with E-state index in [0.29, 0.717) is 12.1 Å². The fourth-order valence-electron chi connectivity index (χ4n) is 2.01. The molecule has 1 aromatic carbocycles. The van der Waals surface area contributed by atoms with E-state index < -0.39 is 11.9 Å². The standard InChI is InChI=1S/C14H10F3N3/c15-14(16,17)13-6-5-10(7-18-13)9-20-12-4-2-1-3-11(12)8-19-20/h1-8H,9H2. The number of pyridine rings is 1. The molecule has 2 heterocycles. The Bertz CT molecular complexity index is 729. The Balaban J connectivity index is 1.88. The molecule has 20 heavy (non-hydrogen) atoms. The Labute approximate surface area is 112 Å². The van der Waals surface area contributed by atoms with Crippen LogP contribution in [0.15, 0.2) is 48.8 Å². The van der Waals surface area contributed by atoms with Gasteiger partial charge in [0.05, 0.1) is 18.3 Å². The highest BCUT2D eigenvalue weighted by Gasteiger charge is 2.31. The maximum absolute atomic E-state index is 12.4. The van der Waals surface area contributed by atoms with E-state index in [1.54, 1.807) is 10.9 Å². The van der Waals surface area contributed by atoms with Crippen molar-refractivity contribution in [1.29, 1.82) is 0 Å². The molecule has 0 atom stereocenters. The maximum Gasteiger partial charge on any atom is 0.433 e. The second-order valence-corrected chi connectivity index (χ2v) is 4.41. The van der Waals surface area contributed by atoms with Gasteiger partial charge in [0.25, 0.3) is 0 Å². The van der Waals surface area contributed by atoms with Gasteiger partial charge >= 0.3 is 6.18 Å². The summed E-state index contributed by atoms with van der Waals surface area (Å²) in [5.74, 6) is 0. The van der Waals surface area contributed by atoms with Crippen molar-refractivity contribution in [2.75, 3.05) is 0 Å². The fraction of sp³-hybridized carbons (Fsp3) is 0.143. The van der Waals surface area contributed by atoms with Crippen LogP contribution in [-0.2, 0) is 12.7 Å². The topological polar surface area (TPSA) is 30.7 Å². The molecule has 0 aliphatic heterocycles. The molecule has 0 radical (unpaired) electrons. The number of nitrogens with zero attached hydrogens (tertiary/aromatic N) is 3. The largest absolute Gasteiger partial charge is 0.433 e. The van der Waals surface area contributed by atoms with Crippen LogP contribution in [0.2, 0.25) is 0 Å². The Morgan fingerprint density at radius 1 is 1.00 bits per heavy atom. The minimum absolute atomic E-state index is 0.388. The molecule has 3 nitrogen and oxygen atoms in total. The van der Waals surface area contributed by atoms with E-state index in [-0.39, 0.29) is 0 Å². The molecule has 3 rings (SSSR count). The molecule has 6 heteroatoms. The molecule has 102 valence electrons. The van der Waals surface area contributed by atoms with Crippen LogP contribution in [0.4, 0.5) is 13.2 Å². The van der Waals surface area contributed by atoms with E-state index in [0.717, 1.165) is 17.0 Å². The summed E-state index contributed by atoms with van der Waals surface area (Å²) in [5.41, 5.74) is 0.728. The number of halogens is 3. The first-order chi connectivity index (χ1) is 9.54. The Hall–Kier alpha value is -2.37. The first-order valence-electron chi connectivity index (χ1n) is 5.97. The van der Waals surface area contributed by atoms with Crippen LogP contribution in [0.1, 0.15) is 11.3 Å². The molecule has 0 saturated heterocycles. The quantitative estimate of drug-likeness (QED) is 0.717. The van der Waals surface area contributed by atoms with E-state index in [4.69, 9.17) is 0 Å². The van der Waals surface area contributed by atoms with Crippen molar-refractivity contribution in [1.82, 2.24) is 14.8 Å². The van der Waals surface area contributed by atoms with Gasteiger partial charge in [-0.1, -0.05) is 24.3 Å². The van der Waals surface area contributed by atoms with Crippen molar-refractivity contribution < 1.29 is 13.2 Å². The summed E-state index contributed by atoms with van der Waals surface area (Å²) in [6, 6.07) is 10.1. The molecule has 3 aromatic rings. The van der Waals surface area contributed by atoms with Crippen LogP contribution in [0.25, 0.3) is 10.9 Å². The zero-order valence-corrected chi connectivity index (χ0v) is 10.3. The van der Waals surface area contributed by atoms with E-state index in [9.17, 15) is 13.2 Å². The highest BCUT2D eigenvalue weighted by Crippen LogP contribution is 2.27. The Morgan fingerprint density at radius 3 is 2.50 bits per heavy atom. The summed E-state index contributed by atoms with van der Waals surface area (Å²) in [5, 5.41) is 5.22. The van der Waals surface area contributed by atoms with Gasteiger partial charge in [-0.2, -0.15) is 18.3 Å². The lowest BCUT2D eigenvalue weighted by Gasteiger charge is -2.07. The summed E-state index contributed by atoms with van der Waals surface area (Å²) in [7, 11) is 0. The molecular weight excluding hydrogens is 267 g/mol. The predicted molar refractivity (Wildman–Crippen MR) is 68.1 cm³/mol. The van der Waals surface area contributed by atoms with Gasteiger partial charge in [-0.15, -0.1) is 0 Å². The van der Waals surface area contributed by atoms with Gasteiger partial charge in [-0.3, -0.25) is 9.67 Å². The SMILES string of the molecule is FC(F)(F)c1ccc(Cn2ncc3ccccc32)cn1. The van der Waals surface area contributed by atoms with E-state index in [1.807, 2.05) is 24.3 Å². The molecule has 2 aromatic heterocycles. The van der Waals surface area contributed by atoms with Crippen LogP contribution < -0.4 is 0 Å². The molecule has 0 fully saturated rings. The van der Waals surface area contributed by atoms with E-state index >= 15 is 0 Å². The summed E-state index contributed by atoms with van der Waals surface area (Å²) in [6.07, 6.45) is -1.44. The fourth-order valence-corrected chi connectivity index (χ4v) is 2.01. The molecule has 0 N–H and O–H groups in total. The van der Waals surface area contributed by atoms with Crippen LogP contribution in [0, 0.1) is 0 Å². The van der Waals surface area contributed by atoms with Crippen molar-refractivity contribution >= 4 is 10.9 Å². The number of aromatic nitrogens is 3. The molecule has 0 bridgehead atoms. The second-order valence-electron chi connectivity index (χ2n) is 4.41. The first-order valence-corrected chi connectivity index (χ1v) is 5.97. The van der Waals surface area contributed by atoms with Gasteiger partial charge in [-0.05, 0) is 17.7 Å². The monoisotopic (exact) mass is 277 g/mol. The van der Waals surface area contributed by atoms with Crippen LogP contribution in [-0.4, -0.2) is 14.8 Å². The number of fused-ring (bicyclic) bond motifs is 1. The number of hydrogen-bond acceptors (Lipinski definition) is 2. The minimum Gasteiger partial charge on any atom is -0.260 e.